The molecule has 1 aliphatic rings. The molecule has 0 aromatic heterocycles. The zero-order chi connectivity index (χ0) is 13.9. The predicted molar refractivity (Wildman–Crippen MR) is 70.0 cm³/mol. The van der Waals surface area contributed by atoms with Crippen molar-refractivity contribution in [3.8, 4) is 0 Å². The number of amides is 1. The molecule has 0 spiro atoms. The molecule has 114 valence electrons. The van der Waals surface area contributed by atoms with Crippen molar-refractivity contribution in [3.63, 3.8) is 0 Å². The average molecular weight is 303 g/mol. The molecule has 0 aliphatic carbocycles. The van der Waals surface area contributed by atoms with Crippen LogP contribution in [0.3, 0.4) is 0 Å². The number of rotatable bonds is 3. The topological polar surface area (TPSA) is 46.3 Å². The summed E-state index contributed by atoms with van der Waals surface area (Å²) in [5, 5.41) is 0. The van der Waals surface area contributed by atoms with Crippen LogP contribution in [-0.2, 0) is 4.79 Å². The van der Waals surface area contributed by atoms with Gasteiger partial charge in [-0.1, -0.05) is 13.8 Å². The molecular weight excluding hydrogens is 281 g/mol. The first-order chi connectivity index (χ1) is 8.21. The highest BCUT2D eigenvalue weighted by Crippen LogP contribution is 2.33. The Labute approximate surface area is 118 Å². The van der Waals surface area contributed by atoms with Crippen LogP contribution in [0.1, 0.15) is 33.1 Å². The second kappa shape index (κ2) is 7.33. The van der Waals surface area contributed by atoms with Gasteiger partial charge in [-0.25, -0.2) is 0 Å². The molecule has 1 fully saturated rings. The Morgan fingerprint density at radius 1 is 1.42 bits per heavy atom. The van der Waals surface area contributed by atoms with Gasteiger partial charge < -0.3 is 10.6 Å². The van der Waals surface area contributed by atoms with E-state index in [0.29, 0.717) is 19.4 Å². The Hall–Kier alpha value is -0.490. The lowest BCUT2D eigenvalue weighted by atomic mass is 9.96. The number of carbonyl (C=O) groups is 1. The molecule has 0 radical (unpaired) electrons. The third-order valence-electron chi connectivity index (χ3n) is 3.24. The van der Waals surface area contributed by atoms with Crippen molar-refractivity contribution in [3.05, 3.63) is 0 Å². The summed E-state index contributed by atoms with van der Waals surface area (Å²) in [4.78, 5) is 13.2. The minimum atomic E-state index is -4.22. The summed E-state index contributed by atoms with van der Waals surface area (Å²) in [6.45, 7) is 4.01. The average Bonchev–Trinajstić information content (AvgIpc) is 2.26. The molecule has 3 nitrogen and oxygen atoms in total. The van der Waals surface area contributed by atoms with Crippen molar-refractivity contribution < 1.29 is 18.0 Å². The second-order valence-electron chi connectivity index (χ2n) is 5.40. The van der Waals surface area contributed by atoms with Gasteiger partial charge in [0.2, 0.25) is 5.91 Å². The quantitative estimate of drug-likeness (QED) is 0.871. The number of hydrogen-bond donors (Lipinski definition) is 1. The third kappa shape index (κ3) is 5.57. The van der Waals surface area contributed by atoms with Crippen LogP contribution in [-0.4, -0.2) is 36.1 Å². The molecule has 19 heavy (non-hydrogen) atoms. The number of halogens is 4. The van der Waals surface area contributed by atoms with Crippen molar-refractivity contribution in [1.82, 2.24) is 4.90 Å². The monoisotopic (exact) mass is 302 g/mol. The summed E-state index contributed by atoms with van der Waals surface area (Å²) in [7, 11) is 0. The Kier molecular flexibility index (Phi) is 7.15. The van der Waals surface area contributed by atoms with Gasteiger partial charge in [-0.05, 0) is 25.2 Å². The molecule has 2 atom stereocenters. The number of nitrogens with two attached hydrogens (primary N) is 1. The van der Waals surface area contributed by atoms with Gasteiger partial charge in [0.1, 0.15) is 0 Å². The summed E-state index contributed by atoms with van der Waals surface area (Å²) in [6, 6.07) is -0.683. The highest BCUT2D eigenvalue weighted by molar-refractivity contribution is 5.85. The van der Waals surface area contributed by atoms with E-state index in [1.807, 2.05) is 13.8 Å². The lowest BCUT2D eigenvalue weighted by Gasteiger charge is -2.35. The van der Waals surface area contributed by atoms with Gasteiger partial charge in [-0.15, -0.1) is 12.4 Å². The summed E-state index contributed by atoms with van der Waals surface area (Å²) >= 11 is 0. The maximum Gasteiger partial charge on any atom is 0.393 e. The maximum atomic E-state index is 12.6. The Balaban J connectivity index is 0.00000324. The Bertz CT molecular complexity index is 297. The van der Waals surface area contributed by atoms with Gasteiger partial charge in [0.15, 0.2) is 0 Å². The van der Waals surface area contributed by atoms with Gasteiger partial charge in [0, 0.05) is 13.1 Å². The highest BCUT2D eigenvalue weighted by atomic mass is 35.5. The Morgan fingerprint density at radius 3 is 2.47 bits per heavy atom. The zero-order valence-corrected chi connectivity index (χ0v) is 12.1. The Morgan fingerprint density at radius 2 is 2.00 bits per heavy atom. The number of likely N-dealkylation sites (tertiary alicyclic amines) is 1. The maximum absolute atomic E-state index is 12.6. The number of nitrogens with zero attached hydrogens (tertiary/aromatic N) is 1. The van der Waals surface area contributed by atoms with Gasteiger partial charge in [0.25, 0.3) is 0 Å². The van der Waals surface area contributed by atoms with Gasteiger partial charge in [-0.3, -0.25) is 4.79 Å². The summed E-state index contributed by atoms with van der Waals surface area (Å²) < 4.78 is 37.9. The first-order valence-corrected chi connectivity index (χ1v) is 6.33. The normalized spacial score (nSPS) is 22.1. The molecule has 1 heterocycles. The van der Waals surface area contributed by atoms with E-state index in [1.165, 1.54) is 4.90 Å². The van der Waals surface area contributed by atoms with Gasteiger partial charge in [0.05, 0.1) is 12.0 Å². The van der Waals surface area contributed by atoms with Crippen molar-refractivity contribution in [2.24, 2.45) is 17.6 Å². The fraction of sp³-hybridized carbons (Fsp3) is 0.917. The molecule has 0 bridgehead atoms. The van der Waals surface area contributed by atoms with Crippen LogP contribution >= 0.6 is 12.4 Å². The summed E-state index contributed by atoms with van der Waals surface area (Å²) in [5.41, 5.74) is 5.73. The SMILES string of the molecule is CC(C)C[C@H](N)C(=O)N1CCCC(C(F)(F)F)C1.Cl. The lowest BCUT2D eigenvalue weighted by molar-refractivity contribution is -0.188. The van der Waals surface area contributed by atoms with Crippen LogP contribution in [0.2, 0.25) is 0 Å². The molecule has 2 N–H and O–H groups in total. The molecular formula is C12H22ClF3N2O. The molecule has 1 rings (SSSR count). The molecule has 1 amide bonds. The fourth-order valence-electron chi connectivity index (χ4n) is 2.29. The molecule has 0 aromatic carbocycles. The number of alkyl halides is 3. The summed E-state index contributed by atoms with van der Waals surface area (Å²) in [6.07, 6.45) is -3.22. The molecule has 1 unspecified atom stereocenters. The first-order valence-electron chi connectivity index (χ1n) is 6.33. The second-order valence-corrected chi connectivity index (χ2v) is 5.40. The summed E-state index contributed by atoms with van der Waals surface area (Å²) in [5.74, 6) is -1.49. The highest BCUT2D eigenvalue weighted by Gasteiger charge is 2.43. The van der Waals surface area contributed by atoms with Gasteiger partial charge >= 0.3 is 6.18 Å². The van der Waals surface area contributed by atoms with E-state index >= 15 is 0 Å². The van der Waals surface area contributed by atoms with E-state index in [0.717, 1.165) is 0 Å². The predicted octanol–water partition coefficient (Wildman–Crippen LogP) is 2.58. The largest absolute Gasteiger partial charge is 0.393 e. The van der Waals surface area contributed by atoms with Crippen LogP contribution in [0.5, 0.6) is 0 Å². The minimum absolute atomic E-state index is 0. The number of piperidine rings is 1. The van der Waals surface area contributed by atoms with E-state index in [9.17, 15) is 18.0 Å². The molecule has 7 heteroatoms. The van der Waals surface area contributed by atoms with Crippen molar-refractivity contribution >= 4 is 18.3 Å². The van der Waals surface area contributed by atoms with Crippen LogP contribution in [0.4, 0.5) is 13.2 Å². The van der Waals surface area contributed by atoms with Crippen LogP contribution < -0.4 is 5.73 Å². The van der Waals surface area contributed by atoms with Crippen LogP contribution in [0.25, 0.3) is 0 Å². The van der Waals surface area contributed by atoms with E-state index in [4.69, 9.17) is 5.73 Å². The van der Waals surface area contributed by atoms with Crippen molar-refractivity contribution in [1.29, 1.82) is 0 Å². The molecule has 1 aliphatic heterocycles. The number of hydrogen-bond acceptors (Lipinski definition) is 2. The van der Waals surface area contributed by atoms with Gasteiger partial charge in [-0.2, -0.15) is 13.2 Å². The minimum Gasteiger partial charge on any atom is -0.341 e. The molecule has 1 saturated heterocycles. The first kappa shape index (κ1) is 18.5. The van der Waals surface area contributed by atoms with Crippen molar-refractivity contribution in [2.75, 3.05) is 13.1 Å². The van der Waals surface area contributed by atoms with E-state index in [1.54, 1.807) is 0 Å². The molecule has 0 saturated carbocycles. The number of carbonyl (C=O) groups excluding carboxylic acids is 1. The van der Waals surface area contributed by atoms with Crippen LogP contribution in [0.15, 0.2) is 0 Å². The van der Waals surface area contributed by atoms with E-state index in [-0.39, 0.29) is 37.2 Å². The fourth-order valence-corrected chi connectivity index (χ4v) is 2.29. The smallest absolute Gasteiger partial charge is 0.341 e. The van der Waals surface area contributed by atoms with E-state index in [2.05, 4.69) is 0 Å². The molecule has 0 aromatic rings. The van der Waals surface area contributed by atoms with E-state index < -0.39 is 18.1 Å². The van der Waals surface area contributed by atoms with Crippen LogP contribution in [0, 0.1) is 11.8 Å². The third-order valence-corrected chi connectivity index (χ3v) is 3.24. The van der Waals surface area contributed by atoms with Crippen molar-refractivity contribution in [2.45, 2.75) is 45.3 Å². The lowest BCUT2D eigenvalue weighted by Crippen LogP contribution is -2.50. The standard InChI is InChI=1S/C12H21F3N2O.ClH/c1-8(2)6-10(16)11(18)17-5-3-4-9(7-17)12(13,14)15;/h8-10H,3-7,16H2,1-2H3;1H/t9?,10-;/m0./s1. The zero-order valence-electron chi connectivity index (χ0n) is 11.2.